The summed E-state index contributed by atoms with van der Waals surface area (Å²) in [5.41, 5.74) is 1.76. The van der Waals surface area contributed by atoms with Gasteiger partial charge in [-0.3, -0.25) is 9.59 Å². The first-order chi connectivity index (χ1) is 11.4. The highest BCUT2D eigenvalue weighted by Crippen LogP contribution is 1.92. The molecule has 0 saturated heterocycles. The van der Waals surface area contributed by atoms with Gasteiger partial charge in [-0.2, -0.15) is 0 Å². The molecule has 2 nitrogen and oxygen atoms in total. The van der Waals surface area contributed by atoms with Gasteiger partial charge in [0.05, 0.1) is 0 Å². The molecule has 0 aliphatic carbocycles. The fourth-order valence-corrected chi connectivity index (χ4v) is 1.25. The lowest BCUT2D eigenvalue weighted by Gasteiger charge is -1.82. The van der Waals surface area contributed by atoms with E-state index in [0.717, 1.165) is 11.1 Å². The Hall–Kier alpha value is -3.10. The van der Waals surface area contributed by atoms with Gasteiger partial charge in [0.25, 0.3) is 0 Å². The van der Waals surface area contributed by atoms with Crippen molar-refractivity contribution in [2.75, 3.05) is 0 Å². The lowest BCUT2D eigenvalue weighted by molar-refractivity contribution is -0.113. The van der Waals surface area contributed by atoms with Crippen molar-refractivity contribution in [2.45, 2.75) is 27.7 Å². The van der Waals surface area contributed by atoms with E-state index in [0.29, 0.717) is 0 Å². The Kier molecular flexibility index (Phi) is 11.8. The van der Waals surface area contributed by atoms with Crippen molar-refractivity contribution in [3.05, 3.63) is 71.9 Å². The van der Waals surface area contributed by atoms with Gasteiger partial charge in [0, 0.05) is 0 Å². The Morgan fingerprint density at radius 1 is 0.583 bits per heavy atom. The monoisotopic (exact) mass is 318 g/mol. The van der Waals surface area contributed by atoms with Crippen molar-refractivity contribution in [1.29, 1.82) is 0 Å². The number of ketones is 2. The molecule has 0 aliphatic rings. The molecule has 0 atom stereocenters. The van der Waals surface area contributed by atoms with Gasteiger partial charge in [0.1, 0.15) is 0 Å². The van der Waals surface area contributed by atoms with Crippen molar-refractivity contribution in [1.82, 2.24) is 0 Å². The maximum Gasteiger partial charge on any atom is 0.152 e. The fourth-order valence-electron chi connectivity index (χ4n) is 1.25. The van der Waals surface area contributed by atoms with E-state index >= 15 is 0 Å². The average molecular weight is 318 g/mol. The van der Waals surface area contributed by atoms with Crippen LogP contribution in [0.3, 0.4) is 0 Å². The highest BCUT2D eigenvalue weighted by Gasteiger charge is 1.79. The third-order valence-electron chi connectivity index (χ3n) is 2.38. The van der Waals surface area contributed by atoms with Crippen LogP contribution in [0.5, 0.6) is 0 Å². The molecular weight excluding hydrogens is 296 g/mol. The van der Waals surface area contributed by atoms with Crippen LogP contribution in [0.15, 0.2) is 71.9 Å². The zero-order chi connectivity index (χ0) is 18.2. The van der Waals surface area contributed by atoms with Crippen molar-refractivity contribution >= 4 is 11.6 Å². The summed E-state index contributed by atoms with van der Waals surface area (Å²) in [4.78, 5) is 21.4. The fraction of sp³-hybridized carbons (Fsp3) is 0.182. The topological polar surface area (TPSA) is 34.1 Å². The first-order valence-corrected chi connectivity index (χ1v) is 7.48. The zero-order valence-corrected chi connectivity index (χ0v) is 14.6. The number of hydrogen-bond donors (Lipinski definition) is 0. The molecule has 122 valence electrons. The number of carbonyl (C=O) groups is 2. The largest absolute Gasteiger partial charge is 0.295 e. The summed E-state index contributed by atoms with van der Waals surface area (Å²) in [5, 5.41) is 0. The molecule has 24 heavy (non-hydrogen) atoms. The van der Waals surface area contributed by atoms with E-state index in [9.17, 15) is 9.59 Å². The number of hydrogen-bond acceptors (Lipinski definition) is 2. The zero-order valence-electron chi connectivity index (χ0n) is 14.6. The lowest BCUT2D eigenvalue weighted by atomic mass is 10.2. The third-order valence-corrected chi connectivity index (χ3v) is 2.38. The van der Waals surface area contributed by atoms with Crippen LogP contribution in [-0.2, 0) is 9.59 Å². The van der Waals surface area contributed by atoms with Crippen LogP contribution >= 0.6 is 0 Å². The Labute approximate surface area is 145 Å². The van der Waals surface area contributed by atoms with Gasteiger partial charge in [0.15, 0.2) is 11.6 Å². The van der Waals surface area contributed by atoms with Gasteiger partial charge in [-0.05, 0) is 62.8 Å². The summed E-state index contributed by atoms with van der Waals surface area (Å²) >= 11 is 0. The van der Waals surface area contributed by atoms with Crippen LogP contribution in [0.2, 0.25) is 0 Å². The third kappa shape index (κ3) is 15.3. The number of carbonyl (C=O) groups excluding carboxylic acids is 2. The van der Waals surface area contributed by atoms with Gasteiger partial charge < -0.3 is 0 Å². The van der Waals surface area contributed by atoms with Crippen molar-refractivity contribution in [3.63, 3.8) is 0 Å². The Balaban J connectivity index is 4.54. The first kappa shape index (κ1) is 20.9. The highest BCUT2D eigenvalue weighted by atomic mass is 16.1. The van der Waals surface area contributed by atoms with Gasteiger partial charge in [-0.1, -0.05) is 60.4 Å². The Bertz CT molecular complexity index is 677. The van der Waals surface area contributed by atoms with Crippen molar-refractivity contribution in [3.8, 4) is 23.7 Å². The average Bonchev–Trinajstić information content (AvgIpc) is 2.50. The second-order valence-corrected chi connectivity index (χ2v) is 4.91. The molecule has 0 spiro atoms. The minimum Gasteiger partial charge on any atom is -0.295 e. The summed E-state index contributed by atoms with van der Waals surface area (Å²) in [6.45, 7) is 6.79. The Morgan fingerprint density at radius 3 is 1.29 bits per heavy atom. The van der Waals surface area contributed by atoms with Crippen LogP contribution < -0.4 is 0 Å². The maximum atomic E-state index is 10.7. The van der Waals surface area contributed by atoms with Gasteiger partial charge in [-0.15, -0.1) is 0 Å². The minimum atomic E-state index is 0.0172. The molecule has 0 saturated carbocycles. The standard InChI is InChI=1S/C22H22O2/c1-19(13-7-5-9-17-21(3)23)15-11-12-16-20(2)14-8-6-10-18-22(4)24/h5-10,13-14,17-18H,1-4H3/b7-5+,8-6+,17-9+,18-10+,19-13-,20-14-. The SMILES string of the molecule is CC(=O)/C=C/C=C/C=C(/C)C#CC#C\C(C)=C/C=C/C=C/C(C)=O. The quantitative estimate of drug-likeness (QED) is 0.416. The second kappa shape index (κ2) is 13.6. The van der Waals surface area contributed by atoms with E-state index in [1.165, 1.54) is 26.0 Å². The van der Waals surface area contributed by atoms with E-state index in [-0.39, 0.29) is 11.6 Å². The molecule has 2 heteroatoms. The molecule has 0 amide bonds. The highest BCUT2D eigenvalue weighted by molar-refractivity contribution is 5.87. The molecule has 0 bridgehead atoms. The van der Waals surface area contributed by atoms with E-state index in [1.54, 1.807) is 24.3 Å². The summed E-state index contributed by atoms with van der Waals surface area (Å²) in [6.07, 6.45) is 17.3. The van der Waals surface area contributed by atoms with Gasteiger partial charge >= 0.3 is 0 Å². The second-order valence-electron chi connectivity index (χ2n) is 4.91. The summed E-state index contributed by atoms with van der Waals surface area (Å²) < 4.78 is 0. The molecule has 0 unspecified atom stereocenters. The predicted molar refractivity (Wildman–Crippen MR) is 101 cm³/mol. The molecule has 0 radical (unpaired) electrons. The summed E-state index contributed by atoms with van der Waals surface area (Å²) in [6, 6.07) is 0. The molecule has 0 fully saturated rings. The van der Waals surface area contributed by atoms with Crippen molar-refractivity contribution in [2.24, 2.45) is 0 Å². The van der Waals surface area contributed by atoms with Crippen molar-refractivity contribution < 1.29 is 9.59 Å². The predicted octanol–water partition coefficient (Wildman–Crippen LogP) is 4.29. The molecular formula is C22H22O2. The molecule has 0 heterocycles. The molecule has 0 aromatic rings. The van der Waals surface area contributed by atoms with Gasteiger partial charge in [0.2, 0.25) is 0 Å². The number of rotatable bonds is 6. The van der Waals surface area contributed by atoms with Crippen LogP contribution in [0.25, 0.3) is 0 Å². The molecule has 0 aromatic carbocycles. The van der Waals surface area contributed by atoms with E-state index < -0.39 is 0 Å². The van der Waals surface area contributed by atoms with Crippen LogP contribution in [0, 0.1) is 23.7 Å². The van der Waals surface area contributed by atoms with E-state index in [1.807, 2.05) is 38.2 Å². The molecule has 0 aromatic heterocycles. The molecule has 0 rings (SSSR count). The first-order valence-electron chi connectivity index (χ1n) is 7.48. The molecule has 0 N–H and O–H groups in total. The summed E-state index contributed by atoms with van der Waals surface area (Å²) in [7, 11) is 0. The number of allylic oxidation sites excluding steroid dienone is 12. The lowest BCUT2D eigenvalue weighted by Crippen LogP contribution is -1.77. The van der Waals surface area contributed by atoms with E-state index in [4.69, 9.17) is 0 Å². The van der Waals surface area contributed by atoms with Crippen LogP contribution in [0.4, 0.5) is 0 Å². The van der Waals surface area contributed by atoms with Crippen LogP contribution in [0.1, 0.15) is 27.7 Å². The molecule has 0 aliphatic heterocycles. The smallest absolute Gasteiger partial charge is 0.152 e. The summed E-state index contributed by atoms with van der Waals surface area (Å²) in [5.74, 6) is 11.5. The van der Waals surface area contributed by atoms with E-state index in [2.05, 4.69) is 23.7 Å². The van der Waals surface area contributed by atoms with Gasteiger partial charge in [-0.25, -0.2) is 0 Å². The normalized spacial score (nSPS) is 12.5. The minimum absolute atomic E-state index is 0.0172. The Morgan fingerprint density at radius 2 is 0.958 bits per heavy atom. The van der Waals surface area contributed by atoms with Crippen LogP contribution in [-0.4, -0.2) is 11.6 Å². The maximum absolute atomic E-state index is 10.7.